The topological polar surface area (TPSA) is 105 Å². The second kappa shape index (κ2) is 41.1. The maximum Gasteiger partial charge on any atom is 0.472 e. The minimum absolute atomic E-state index is 0.0548. The third kappa shape index (κ3) is 42.8. The fourth-order valence-electron chi connectivity index (χ4n) is 6.96. The summed E-state index contributed by atoms with van der Waals surface area (Å²) in [5.74, 6) is -0.189. The zero-order valence-electron chi connectivity index (χ0n) is 38.8. The van der Waals surface area contributed by atoms with Crippen LogP contribution in [0.5, 0.6) is 0 Å². The van der Waals surface area contributed by atoms with Gasteiger partial charge < -0.3 is 19.8 Å². The lowest BCUT2D eigenvalue weighted by Crippen LogP contribution is -2.45. The lowest BCUT2D eigenvalue weighted by Gasteiger charge is -2.25. The molecule has 58 heavy (non-hydrogen) atoms. The molecule has 0 aliphatic heterocycles. The maximum atomic E-state index is 12.9. The van der Waals surface area contributed by atoms with Crippen molar-refractivity contribution >= 4 is 13.7 Å². The minimum Gasteiger partial charge on any atom is -0.387 e. The fraction of sp³-hybridized carbons (Fsp3) is 0.857. The van der Waals surface area contributed by atoms with E-state index in [1.165, 1.54) is 154 Å². The number of hydrogen-bond acceptors (Lipinski definition) is 5. The molecule has 0 aromatic heterocycles. The molecule has 0 fully saturated rings. The number of quaternary nitrogens is 1. The van der Waals surface area contributed by atoms with Gasteiger partial charge in [0.2, 0.25) is 5.91 Å². The van der Waals surface area contributed by atoms with E-state index in [0.717, 1.165) is 44.9 Å². The van der Waals surface area contributed by atoms with Crippen LogP contribution < -0.4 is 5.32 Å². The van der Waals surface area contributed by atoms with Gasteiger partial charge in [-0.05, 0) is 44.9 Å². The van der Waals surface area contributed by atoms with E-state index in [2.05, 4.69) is 43.5 Å². The summed E-state index contributed by atoms with van der Waals surface area (Å²) in [7, 11) is 1.55. The second-order valence-corrected chi connectivity index (χ2v) is 19.3. The van der Waals surface area contributed by atoms with Crippen LogP contribution in [0.15, 0.2) is 36.5 Å². The largest absolute Gasteiger partial charge is 0.472 e. The third-order valence-electron chi connectivity index (χ3n) is 10.8. The number of likely N-dealkylation sites (N-methyl/N-ethyl adjacent to an activating group) is 1. The highest BCUT2D eigenvalue weighted by Crippen LogP contribution is 2.43. The van der Waals surface area contributed by atoms with Crippen molar-refractivity contribution in [3.05, 3.63) is 36.5 Å². The van der Waals surface area contributed by atoms with Crippen molar-refractivity contribution in [1.82, 2.24) is 5.32 Å². The first-order valence-electron chi connectivity index (χ1n) is 24.4. The number of hydrogen-bond donors (Lipinski definition) is 3. The third-order valence-corrected chi connectivity index (χ3v) is 11.8. The van der Waals surface area contributed by atoms with Gasteiger partial charge in [-0.15, -0.1) is 0 Å². The summed E-state index contributed by atoms with van der Waals surface area (Å²) in [6, 6.07) is -0.866. The minimum atomic E-state index is -4.35. The molecule has 0 radical (unpaired) electrons. The number of amides is 1. The van der Waals surface area contributed by atoms with Crippen molar-refractivity contribution in [3.63, 3.8) is 0 Å². The summed E-state index contributed by atoms with van der Waals surface area (Å²) in [5, 5.41) is 13.8. The number of phosphoric ester groups is 1. The molecule has 3 N–H and O–H groups in total. The van der Waals surface area contributed by atoms with Crippen LogP contribution in [0.25, 0.3) is 0 Å². The number of aliphatic hydroxyl groups is 1. The second-order valence-electron chi connectivity index (χ2n) is 17.8. The van der Waals surface area contributed by atoms with Crippen molar-refractivity contribution in [2.45, 2.75) is 231 Å². The average Bonchev–Trinajstić information content (AvgIpc) is 3.17. The zero-order valence-corrected chi connectivity index (χ0v) is 39.7. The van der Waals surface area contributed by atoms with E-state index in [0.29, 0.717) is 17.4 Å². The lowest BCUT2D eigenvalue weighted by atomic mass is 10.0. The van der Waals surface area contributed by atoms with E-state index in [1.807, 2.05) is 27.2 Å². The van der Waals surface area contributed by atoms with Gasteiger partial charge >= 0.3 is 7.82 Å². The molecular weight excluding hydrogens is 744 g/mol. The summed E-state index contributed by atoms with van der Waals surface area (Å²) in [6.45, 7) is 4.80. The molecule has 0 aliphatic carbocycles. The van der Waals surface area contributed by atoms with Gasteiger partial charge in [-0.1, -0.05) is 204 Å². The molecule has 3 unspecified atom stereocenters. The number of nitrogens with zero attached hydrogens (tertiary/aromatic N) is 1. The lowest BCUT2D eigenvalue weighted by molar-refractivity contribution is -0.870. The Labute approximate surface area is 359 Å². The standard InChI is InChI=1S/C49H95N2O6P/c1-6-8-10-12-14-16-18-20-22-24-26-28-30-32-34-36-38-40-42-48(52)47(46-57-58(54,55)56-45-44-51(3,4)5)50-49(53)43-41-39-37-35-33-31-29-27-25-23-21-19-17-15-13-11-9-7-2/h24,26,32,34,40,42,47-48,52H,6-23,25,27-31,33,35-39,41,43-46H2,1-5H3,(H-,50,53,54,55)/p+1/b26-24+,34-32+,42-40+. The predicted octanol–water partition coefficient (Wildman–Crippen LogP) is 13.9. The highest BCUT2D eigenvalue weighted by atomic mass is 31.2. The molecule has 0 aromatic rings. The number of unbranched alkanes of at least 4 members (excludes halogenated alkanes) is 27. The van der Waals surface area contributed by atoms with Crippen LogP contribution in [0.4, 0.5) is 0 Å². The number of allylic oxidation sites excluding steroid dienone is 5. The molecule has 0 saturated carbocycles. The Morgan fingerprint density at radius 2 is 0.948 bits per heavy atom. The van der Waals surface area contributed by atoms with E-state index in [4.69, 9.17) is 9.05 Å². The molecule has 0 rings (SSSR count). The molecule has 342 valence electrons. The average molecular weight is 840 g/mol. The van der Waals surface area contributed by atoms with Crippen molar-refractivity contribution in [2.75, 3.05) is 40.9 Å². The van der Waals surface area contributed by atoms with Crippen molar-refractivity contribution in [1.29, 1.82) is 0 Å². The SMILES string of the molecule is CCCCCCCCCC/C=C/CC/C=C/CC/C=C/C(O)C(COP(=O)(O)OCC[N+](C)(C)C)NC(=O)CCCCCCCCCCCCCCCCCCCC. The number of aliphatic hydroxyl groups excluding tert-OH is 1. The van der Waals surface area contributed by atoms with Gasteiger partial charge in [0.05, 0.1) is 39.9 Å². The molecule has 0 spiro atoms. The van der Waals surface area contributed by atoms with Gasteiger partial charge in [0.1, 0.15) is 13.2 Å². The molecule has 9 heteroatoms. The molecule has 1 amide bonds. The van der Waals surface area contributed by atoms with Gasteiger partial charge in [0, 0.05) is 6.42 Å². The highest BCUT2D eigenvalue weighted by Gasteiger charge is 2.27. The molecule has 8 nitrogen and oxygen atoms in total. The number of phosphoric acid groups is 1. The van der Waals surface area contributed by atoms with Crippen LogP contribution in [0.3, 0.4) is 0 Å². The van der Waals surface area contributed by atoms with Crippen LogP contribution in [-0.2, 0) is 18.4 Å². The van der Waals surface area contributed by atoms with E-state index in [1.54, 1.807) is 6.08 Å². The molecule has 0 saturated heterocycles. The molecule has 3 atom stereocenters. The first-order valence-corrected chi connectivity index (χ1v) is 25.9. The molecule has 0 aliphatic rings. The molecule has 0 bridgehead atoms. The number of rotatable bonds is 44. The van der Waals surface area contributed by atoms with Crippen LogP contribution in [0, 0.1) is 0 Å². The Morgan fingerprint density at radius 3 is 1.38 bits per heavy atom. The normalized spacial score (nSPS) is 14.5. The van der Waals surface area contributed by atoms with E-state index < -0.39 is 20.0 Å². The number of nitrogens with one attached hydrogen (secondary N) is 1. The Balaban J connectivity index is 4.42. The van der Waals surface area contributed by atoms with Crippen molar-refractivity contribution in [3.8, 4) is 0 Å². The summed E-state index contributed by atoms with van der Waals surface area (Å²) in [6.07, 6.45) is 50.8. The Morgan fingerprint density at radius 1 is 0.569 bits per heavy atom. The van der Waals surface area contributed by atoms with Crippen molar-refractivity contribution in [2.24, 2.45) is 0 Å². The summed E-state index contributed by atoms with van der Waals surface area (Å²) in [5.41, 5.74) is 0. The quantitative estimate of drug-likeness (QED) is 0.0244. The summed E-state index contributed by atoms with van der Waals surface area (Å²) >= 11 is 0. The highest BCUT2D eigenvalue weighted by molar-refractivity contribution is 7.47. The van der Waals surface area contributed by atoms with Crippen LogP contribution in [0.1, 0.15) is 219 Å². The van der Waals surface area contributed by atoms with Crippen LogP contribution >= 0.6 is 7.82 Å². The van der Waals surface area contributed by atoms with Crippen LogP contribution in [0.2, 0.25) is 0 Å². The summed E-state index contributed by atoms with van der Waals surface area (Å²) < 4.78 is 23.6. The molecule has 0 aromatic carbocycles. The van der Waals surface area contributed by atoms with Gasteiger partial charge in [0.25, 0.3) is 0 Å². The van der Waals surface area contributed by atoms with Crippen LogP contribution in [-0.4, -0.2) is 73.4 Å². The fourth-order valence-corrected chi connectivity index (χ4v) is 7.69. The van der Waals surface area contributed by atoms with Gasteiger partial charge in [-0.3, -0.25) is 13.8 Å². The maximum absolute atomic E-state index is 12.9. The van der Waals surface area contributed by atoms with E-state index >= 15 is 0 Å². The van der Waals surface area contributed by atoms with Gasteiger partial charge in [0.15, 0.2) is 0 Å². The Bertz CT molecular complexity index is 1040. The van der Waals surface area contributed by atoms with E-state index in [-0.39, 0.29) is 19.1 Å². The van der Waals surface area contributed by atoms with Crippen molar-refractivity contribution < 1.29 is 32.9 Å². The number of carbonyl (C=O) groups is 1. The number of carbonyl (C=O) groups excluding carboxylic acids is 1. The summed E-state index contributed by atoms with van der Waals surface area (Å²) in [4.78, 5) is 23.2. The Kier molecular flexibility index (Phi) is 40.2. The first kappa shape index (κ1) is 56.7. The zero-order chi connectivity index (χ0) is 42.8. The molecule has 0 heterocycles. The smallest absolute Gasteiger partial charge is 0.387 e. The predicted molar refractivity (Wildman–Crippen MR) is 249 cm³/mol. The van der Waals surface area contributed by atoms with E-state index in [9.17, 15) is 19.4 Å². The first-order chi connectivity index (χ1) is 28.0. The monoisotopic (exact) mass is 840 g/mol. The molecular formula is C49H96N2O6P+. The van der Waals surface area contributed by atoms with Gasteiger partial charge in [-0.25, -0.2) is 4.57 Å². The Hall–Kier alpha value is -1.28. The van der Waals surface area contributed by atoms with Gasteiger partial charge in [-0.2, -0.15) is 0 Å².